The molecule has 0 aromatic carbocycles. The Bertz CT molecular complexity index is 484. The second-order valence-electron chi connectivity index (χ2n) is 6.82. The molecule has 0 saturated carbocycles. The zero-order valence-corrected chi connectivity index (χ0v) is 14.0. The Balaban J connectivity index is 1.89. The molecular formula is C17H27N3O2. The minimum absolute atomic E-state index is 0.214. The molecule has 1 amide bonds. The zero-order chi connectivity index (χ0) is 16.2. The van der Waals surface area contributed by atoms with E-state index in [1.165, 1.54) is 5.56 Å². The van der Waals surface area contributed by atoms with Crippen LogP contribution in [0.25, 0.3) is 0 Å². The van der Waals surface area contributed by atoms with Gasteiger partial charge < -0.3 is 15.0 Å². The topological polar surface area (TPSA) is 54.5 Å². The van der Waals surface area contributed by atoms with Gasteiger partial charge in [-0.05, 0) is 51.3 Å². The zero-order valence-electron chi connectivity index (χ0n) is 14.0. The summed E-state index contributed by atoms with van der Waals surface area (Å²) in [5, 5.41) is 3.65. The molecule has 2 atom stereocenters. The normalized spacial score (nSPS) is 20.0. The average Bonchev–Trinajstić information content (AvgIpc) is 2.92. The first-order valence-corrected chi connectivity index (χ1v) is 8.03. The smallest absolute Gasteiger partial charge is 0.410 e. The van der Waals surface area contributed by atoms with E-state index >= 15 is 0 Å². The van der Waals surface area contributed by atoms with Gasteiger partial charge in [0.25, 0.3) is 0 Å². The van der Waals surface area contributed by atoms with Crippen LogP contribution in [-0.4, -0.2) is 40.7 Å². The fraction of sp³-hybridized carbons (Fsp3) is 0.647. The molecule has 1 saturated heterocycles. The van der Waals surface area contributed by atoms with Crippen molar-refractivity contribution < 1.29 is 9.53 Å². The average molecular weight is 305 g/mol. The fourth-order valence-corrected chi connectivity index (χ4v) is 2.72. The Morgan fingerprint density at radius 2 is 2.14 bits per heavy atom. The van der Waals surface area contributed by atoms with E-state index in [9.17, 15) is 4.79 Å². The number of amides is 1. The van der Waals surface area contributed by atoms with Crippen molar-refractivity contribution in [1.82, 2.24) is 15.2 Å². The van der Waals surface area contributed by atoms with Crippen molar-refractivity contribution >= 4 is 6.09 Å². The molecule has 1 aromatic rings. The second-order valence-corrected chi connectivity index (χ2v) is 6.82. The number of nitrogens with one attached hydrogen (secondary N) is 1. The lowest BCUT2D eigenvalue weighted by Gasteiger charge is -2.25. The van der Waals surface area contributed by atoms with Crippen molar-refractivity contribution in [2.24, 2.45) is 0 Å². The molecule has 1 aliphatic heterocycles. The number of hydrogen-bond donors (Lipinski definition) is 1. The number of hydrogen-bond acceptors (Lipinski definition) is 4. The minimum atomic E-state index is -0.439. The van der Waals surface area contributed by atoms with Gasteiger partial charge in [-0.15, -0.1) is 0 Å². The van der Waals surface area contributed by atoms with Gasteiger partial charge in [-0.1, -0.05) is 6.92 Å². The SMILES string of the molecule is CC[C@@H](N[C@@H]1CCN(C(=O)OC(C)(C)C)C1)c1ccncc1. The van der Waals surface area contributed by atoms with Crippen molar-refractivity contribution in [2.45, 2.75) is 58.2 Å². The maximum atomic E-state index is 12.1. The van der Waals surface area contributed by atoms with Crippen LogP contribution in [0.3, 0.4) is 0 Å². The Morgan fingerprint density at radius 1 is 1.45 bits per heavy atom. The van der Waals surface area contributed by atoms with E-state index in [0.29, 0.717) is 18.6 Å². The van der Waals surface area contributed by atoms with Crippen LogP contribution in [0.4, 0.5) is 4.79 Å². The Labute approximate surface area is 133 Å². The molecule has 5 heteroatoms. The minimum Gasteiger partial charge on any atom is -0.444 e. The van der Waals surface area contributed by atoms with Gasteiger partial charge >= 0.3 is 6.09 Å². The van der Waals surface area contributed by atoms with Crippen LogP contribution in [-0.2, 0) is 4.74 Å². The number of pyridine rings is 1. The Morgan fingerprint density at radius 3 is 2.73 bits per heavy atom. The number of carbonyl (C=O) groups excluding carboxylic acids is 1. The lowest BCUT2D eigenvalue weighted by atomic mass is 10.0. The van der Waals surface area contributed by atoms with Crippen molar-refractivity contribution in [3.8, 4) is 0 Å². The lowest BCUT2D eigenvalue weighted by Crippen LogP contribution is -2.39. The van der Waals surface area contributed by atoms with Crippen LogP contribution in [0.15, 0.2) is 24.5 Å². The molecule has 2 rings (SSSR count). The van der Waals surface area contributed by atoms with Crippen molar-refractivity contribution in [1.29, 1.82) is 0 Å². The number of likely N-dealkylation sites (tertiary alicyclic amines) is 1. The van der Waals surface area contributed by atoms with E-state index in [1.807, 2.05) is 45.3 Å². The largest absolute Gasteiger partial charge is 0.444 e. The molecule has 1 N–H and O–H groups in total. The molecule has 22 heavy (non-hydrogen) atoms. The third kappa shape index (κ3) is 4.70. The molecular weight excluding hydrogens is 278 g/mol. The van der Waals surface area contributed by atoms with Gasteiger partial charge in [0.05, 0.1) is 0 Å². The summed E-state index contributed by atoms with van der Waals surface area (Å²) >= 11 is 0. The van der Waals surface area contributed by atoms with Crippen LogP contribution < -0.4 is 5.32 Å². The Kier molecular flexibility index (Phi) is 5.40. The van der Waals surface area contributed by atoms with Crippen molar-refractivity contribution in [2.75, 3.05) is 13.1 Å². The first kappa shape index (κ1) is 16.7. The predicted octanol–water partition coefficient (Wildman–Crippen LogP) is 3.13. The molecule has 1 aliphatic rings. The molecule has 2 heterocycles. The van der Waals surface area contributed by atoms with Crippen molar-refractivity contribution in [3.63, 3.8) is 0 Å². The first-order valence-electron chi connectivity index (χ1n) is 8.03. The summed E-state index contributed by atoms with van der Waals surface area (Å²) in [4.78, 5) is 18.0. The van der Waals surface area contributed by atoms with Crippen LogP contribution >= 0.6 is 0 Å². The molecule has 0 aliphatic carbocycles. The highest BCUT2D eigenvalue weighted by molar-refractivity contribution is 5.68. The van der Waals surface area contributed by atoms with Crippen LogP contribution in [0.2, 0.25) is 0 Å². The highest BCUT2D eigenvalue weighted by atomic mass is 16.6. The predicted molar refractivity (Wildman–Crippen MR) is 86.6 cm³/mol. The monoisotopic (exact) mass is 305 g/mol. The number of rotatable bonds is 4. The number of nitrogens with zero attached hydrogens (tertiary/aromatic N) is 2. The summed E-state index contributed by atoms with van der Waals surface area (Å²) in [5.74, 6) is 0. The summed E-state index contributed by atoms with van der Waals surface area (Å²) in [6.07, 6.45) is 5.39. The van der Waals surface area contributed by atoms with E-state index < -0.39 is 5.60 Å². The standard InChI is InChI=1S/C17H27N3O2/c1-5-15(13-6-9-18-10-7-13)19-14-8-11-20(12-14)16(21)22-17(2,3)4/h6-7,9-10,14-15,19H,5,8,11-12H2,1-4H3/t14-,15-/m1/s1. The van der Waals surface area contributed by atoms with Gasteiger partial charge in [0.2, 0.25) is 0 Å². The third-order valence-electron chi connectivity index (χ3n) is 3.79. The second kappa shape index (κ2) is 7.09. The fourth-order valence-electron chi connectivity index (χ4n) is 2.72. The maximum absolute atomic E-state index is 12.1. The lowest BCUT2D eigenvalue weighted by molar-refractivity contribution is 0.0290. The van der Waals surface area contributed by atoms with Gasteiger partial charge in [-0.3, -0.25) is 4.98 Å². The van der Waals surface area contributed by atoms with Crippen molar-refractivity contribution in [3.05, 3.63) is 30.1 Å². The molecule has 5 nitrogen and oxygen atoms in total. The van der Waals surface area contributed by atoms with E-state index in [4.69, 9.17) is 4.74 Å². The molecule has 0 bridgehead atoms. The quantitative estimate of drug-likeness (QED) is 0.928. The molecule has 0 unspecified atom stereocenters. The van der Waals surface area contributed by atoms with Crippen LogP contribution in [0, 0.1) is 0 Å². The van der Waals surface area contributed by atoms with Gasteiger partial charge in [-0.2, -0.15) is 0 Å². The van der Waals surface area contributed by atoms with Gasteiger partial charge in [0, 0.05) is 37.6 Å². The highest BCUT2D eigenvalue weighted by Gasteiger charge is 2.30. The van der Waals surface area contributed by atoms with Gasteiger partial charge in [0.15, 0.2) is 0 Å². The summed E-state index contributed by atoms with van der Waals surface area (Å²) in [6, 6.07) is 4.70. The highest BCUT2D eigenvalue weighted by Crippen LogP contribution is 2.20. The maximum Gasteiger partial charge on any atom is 0.410 e. The number of aromatic nitrogens is 1. The summed E-state index contributed by atoms with van der Waals surface area (Å²) in [7, 11) is 0. The van der Waals surface area contributed by atoms with E-state index in [-0.39, 0.29) is 6.09 Å². The molecule has 122 valence electrons. The Hall–Kier alpha value is -1.62. The summed E-state index contributed by atoms with van der Waals surface area (Å²) in [6.45, 7) is 9.31. The molecule has 1 fully saturated rings. The van der Waals surface area contributed by atoms with Gasteiger partial charge in [-0.25, -0.2) is 4.79 Å². The molecule has 0 radical (unpaired) electrons. The molecule has 1 aromatic heterocycles. The molecule has 0 spiro atoms. The number of ether oxygens (including phenoxy) is 1. The van der Waals surface area contributed by atoms with Crippen LogP contribution in [0.5, 0.6) is 0 Å². The van der Waals surface area contributed by atoms with Gasteiger partial charge in [0.1, 0.15) is 5.60 Å². The number of carbonyl (C=O) groups is 1. The first-order chi connectivity index (χ1) is 10.4. The van der Waals surface area contributed by atoms with E-state index in [0.717, 1.165) is 19.4 Å². The third-order valence-corrected chi connectivity index (χ3v) is 3.79. The summed E-state index contributed by atoms with van der Waals surface area (Å²) < 4.78 is 5.44. The van der Waals surface area contributed by atoms with E-state index in [2.05, 4.69) is 17.2 Å². The van der Waals surface area contributed by atoms with E-state index in [1.54, 1.807) is 4.90 Å². The summed E-state index contributed by atoms with van der Waals surface area (Å²) in [5.41, 5.74) is 0.805. The van der Waals surface area contributed by atoms with Crippen LogP contribution in [0.1, 0.15) is 52.1 Å².